The van der Waals surface area contributed by atoms with Crippen LogP contribution in [-0.4, -0.2) is 28.9 Å². The Bertz CT molecular complexity index is 1140. The molecule has 0 unspecified atom stereocenters. The van der Waals surface area contributed by atoms with Crippen LogP contribution >= 0.6 is 11.3 Å². The van der Waals surface area contributed by atoms with Crippen LogP contribution in [0.3, 0.4) is 0 Å². The van der Waals surface area contributed by atoms with Gasteiger partial charge < -0.3 is 15.7 Å². The number of thiazole rings is 1. The van der Waals surface area contributed by atoms with Crippen LogP contribution in [0.25, 0.3) is 0 Å². The second kappa shape index (κ2) is 9.03. The largest absolute Gasteiger partial charge is 0.476 e. The molecule has 1 heterocycles. The van der Waals surface area contributed by atoms with Crippen molar-refractivity contribution in [1.82, 2.24) is 4.98 Å². The molecular formula is C25H21N3O3S. The summed E-state index contributed by atoms with van der Waals surface area (Å²) in [6.45, 7) is 0. The van der Waals surface area contributed by atoms with Gasteiger partial charge in [-0.15, -0.1) is 0 Å². The fourth-order valence-corrected chi connectivity index (χ4v) is 5.08. The molecule has 4 aromatic rings. The molecule has 0 fully saturated rings. The fourth-order valence-electron chi connectivity index (χ4n) is 3.98. The number of oxime groups is 1. The van der Waals surface area contributed by atoms with Crippen LogP contribution in [0.4, 0.5) is 5.13 Å². The van der Waals surface area contributed by atoms with E-state index in [4.69, 9.17) is 10.6 Å². The number of nitrogen functional groups attached to an aromatic ring is 1. The molecule has 0 saturated carbocycles. The number of aliphatic carboxylic acids is 1. The molecule has 32 heavy (non-hydrogen) atoms. The van der Waals surface area contributed by atoms with Crippen molar-refractivity contribution in [2.24, 2.45) is 5.16 Å². The van der Waals surface area contributed by atoms with Crippen molar-refractivity contribution in [2.45, 2.75) is 5.41 Å². The molecule has 0 spiro atoms. The monoisotopic (exact) mass is 443 g/mol. The minimum Gasteiger partial charge on any atom is -0.476 e. The van der Waals surface area contributed by atoms with E-state index in [1.54, 1.807) is 0 Å². The molecule has 160 valence electrons. The third-order valence-electron chi connectivity index (χ3n) is 5.21. The van der Waals surface area contributed by atoms with Crippen molar-refractivity contribution in [3.05, 3.63) is 118 Å². The molecule has 0 atom stereocenters. The molecule has 0 saturated heterocycles. The highest BCUT2D eigenvalue weighted by Crippen LogP contribution is 2.49. The van der Waals surface area contributed by atoms with E-state index in [2.05, 4.69) is 10.1 Å². The van der Waals surface area contributed by atoms with Crippen molar-refractivity contribution in [3.63, 3.8) is 0 Å². The molecule has 0 aliphatic heterocycles. The molecule has 0 aliphatic carbocycles. The maximum absolute atomic E-state index is 12.1. The standard InChI is InChI=1S/C25H21N3O3S/c1-31-28-21(23(29)30)20-22(32-24(26)27-20)25(17-11-5-2-6-12-17,18-13-7-3-8-14-18)19-15-9-4-10-16-19/h2-16H,1H3,(H2,26,27)(H,29,30)/b28-21-. The Balaban J connectivity index is 2.18. The molecule has 0 bridgehead atoms. The maximum Gasteiger partial charge on any atom is 0.360 e. The van der Waals surface area contributed by atoms with Gasteiger partial charge in [0, 0.05) is 0 Å². The van der Waals surface area contributed by atoms with E-state index >= 15 is 0 Å². The Morgan fingerprint density at radius 2 is 1.34 bits per heavy atom. The minimum absolute atomic E-state index is 0.179. The minimum atomic E-state index is -1.25. The van der Waals surface area contributed by atoms with Crippen LogP contribution in [0.1, 0.15) is 27.3 Å². The number of nitrogens with two attached hydrogens (primary N) is 1. The average Bonchev–Trinajstić information content (AvgIpc) is 3.21. The summed E-state index contributed by atoms with van der Waals surface area (Å²) in [5.41, 5.74) is 8.01. The van der Waals surface area contributed by atoms with Gasteiger partial charge in [-0.2, -0.15) is 0 Å². The Hall–Kier alpha value is -3.97. The summed E-state index contributed by atoms with van der Waals surface area (Å²) >= 11 is 1.24. The first-order valence-electron chi connectivity index (χ1n) is 9.87. The molecule has 3 N–H and O–H groups in total. The smallest absolute Gasteiger partial charge is 0.360 e. The molecule has 0 amide bonds. The Labute approximate surface area is 189 Å². The summed E-state index contributed by atoms with van der Waals surface area (Å²) in [5.74, 6) is -1.25. The van der Waals surface area contributed by atoms with E-state index in [1.165, 1.54) is 18.4 Å². The zero-order valence-corrected chi connectivity index (χ0v) is 18.1. The number of rotatable bonds is 7. The first-order valence-corrected chi connectivity index (χ1v) is 10.7. The second-order valence-corrected chi connectivity index (χ2v) is 8.04. The van der Waals surface area contributed by atoms with Crippen molar-refractivity contribution in [3.8, 4) is 0 Å². The summed E-state index contributed by atoms with van der Waals surface area (Å²) in [4.78, 5) is 22.0. The first kappa shape index (κ1) is 21.3. The summed E-state index contributed by atoms with van der Waals surface area (Å²) < 4.78 is 0. The number of hydrogen-bond donors (Lipinski definition) is 2. The first-order chi connectivity index (χ1) is 15.6. The van der Waals surface area contributed by atoms with Crippen LogP contribution in [-0.2, 0) is 15.0 Å². The molecule has 0 radical (unpaired) electrons. The number of hydrogen-bond acceptors (Lipinski definition) is 6. The number of nitrogens with zero attached hydrogens (tertiary/aromatic N) is 2. The van der Waals surface area contributed by atoms with Crippen molar-refractivity contribution in [2.75, 3.05) is 12.8 Å². The van der Waals surface area contributed by atoms with Gasteiger partial charge in [0.2, 0.25) is 5.71 Å². The van der Waals surface area contributed by atoms with E-state index in [0.29, 0.717) is 4.88 Å². The topological polar surface area (TPSA) is 97.8 Å². The maximum atomic E-state index is 12.1. The predicted octanol–water partition coefficient (Wildman–Crippen LogP) is 4.54. The zero-order chi connectivity index (χ0) is 22.6. The number of carboxylic acid groups (broad SMARTS) is 1. The lowest BCUT2D eigenvalue weighted by molar-refractivity contribution is -0.129. The van der Waals surface area contributed by atoms with Crippen LogP contribution < -0.4 is 5.73 Å². The quantitative estimate of drug-likeness (QED) is 0.248. The average molecular weight is 444 g/mol. The lowest BCUT2D eigenvalue weighted by Gasteiger charge is -2.35. The summed E-state index contributed by atoms with van der Waals surface area (Å²) in [7, 11) is 1.30. The van der Waals surface area contributed by atoms with E-state index in [-0.39, 0.29) is 16.5 Å². The normalized spacial score (nSPS) is 11.8. The van der Waals surface area contributed by atoms with Crippen LogP contribution in [0.5, 0.6) is 0 Å². The van der Waals surface area contributed by atoms with Gasteiger partial charge in [0.05, 0.1) is 10.3 Å². The number of anilines is 1. The number of benzene rings is 3. The number of carbonyl (C=O) groups is 1. The summed E-state index contributed by atoms with van der Waals surface area (Å²) in [6, 6.07) is 29.7. The summed E-state index contributed by atoms with van der Waals surface area (Å²) in [6.07, 6.45) is 0. The Morgan fingerprint density at radius 1 is 0.906 bits per heavy atom. The van der Waals surface area contributed by atoms with Gasteiger partial charge in [-0.3, -0.25) is 0 Å². The second-order valence-electron chi connectivity index (χ2n) is 7.01. The van der Waals surface area contributed by atoms with E-state index in [9.17, 15) is 9.90 Å². The third-order valence-corrected chi connectivity index (χ3v) is 6.22. The predicted molar refractivity (Wildman–Crippen MR) is 126 cm³/mol. The molecule has 4 rings (SSSR count). The summed E-state index contributed by atoms with van der Waals surface area (Å²) in [5, 5.41) is 13.9. The highest BCUT2D eigenvalue weighted by molar-refractivity contribution is 7.16. The van der Waals surface area contributed by atoms with E-state index in [0.717, 1.165) is 16.7 Å². The Kier molecular flexibility index (Phi) is 6.00. The third kappa shape index (κ3) is 3.63. The lowest BCUT2D eigenvalue weighted by Crippen LogP contribution is -2.33. The zero-order valence-electron chi connectivity index (χ0n) is 17.3. The van der Waals surface area contributed by atoms with Gasteiger partial charge in [-0.05, 0) is 16.7 Å². The van der Waals surface area contributed by atoms with Gasteiger partial charge in [-0.25, -0.2) is 9.78 Å². The van der Waals surface area contributed by atoms with Crippen LogP contribution in [0.15, 0.2) is 96.2 Å². The van der Waals surface area contributed by atoms with Gasteiger partial charge in [0.1, 0.15) is 12.8 Å². The van der Waals surface area contributed by atoms with Crippen molar-refractivity contribution < 1.29 is 14.7 Å². The fraction of sp³-hybridized carbons (Fsp3) is 0.0800. The lowest BCUT2D eigenvalue weighted by atomic mass is 9.67. The number of aromatic nitrogens is 1. The van der Waals surface area contributed by atoms with Crippen LogP contribution in [0.2, 0.25) is 0 Å². The van der Waals surface area contributed by atoms with Gasteiger partial charge in [0.15, 0.2) is 5.13 Å². The van der Waals surface area contributed by atoms with E-state index in [1.807, 2.05) is 91.0 Å². The van der Waals surface area contributed by atoms with Crippen molar-refractivity contribution >= 4 is 28.1 Å². The molecule has 6 nitrogen and oxygen atoms in total. The van der Waals surface area contributed by atoms with Gasteiger partial charge in [-0.1, -0.05) is 107 Å². The molecule has 0 aliphatic rings. The highest BCUT2D eigenvalue weighted by Gasteiger charge is 2.43. The Morgan fingerprint density at radius 3 is 1.72 bits per heavy atom. The molecular weight excluding hydrogens is 422 g/mol. The van der Waals surface area contributed by atoms with Crippen molar-refractivity contribution in [1.29, 1.82) is 0 Å². The van der Waals surface area contributed by atoms with Gasteiger partial charge in [0.25, 0.3) is 0 Å². The molecule has 7 heteroatoms. The van der Waals surface area contributed by atoms with Crippen LogP contribution in [0, 0.1) is 0 Å². The van der Waals surface area contributed by atoms with E-state index < -0.39 is 11.4 Å². The number of carboxylic acids is 1. The SMILES string of the molecule is CO/N=C(\C(=O)O)c1nc(N)sc1C(c1ccccc1)(c1ccccc1)c1ccccc1. The highest BCUT2D eigenvalue weighted by atomic mass is 32.1. The molecule has 3 aromatic carbocycles. The molecule has 1 aromatic heterocycles. The van der Waals surface area contributed by atoms with Gasteiger partial charge >= 0.3 is 5.97 Å².